The number of nitrogens with zero attached hydrogens (tertiary/aromatic N) is 3. The molecule has 2 heterocycles. The second kappa shape index (κ2) is 5.36. The molecule has 4 nitrogen and oxygen atoms in total. The van der Waals surface area contributed by atoms with Gasteiger partial charge in [0.25, 0.3) is 0 Å². The van der Waals surface area contributed by atoms with E-state index < -0.39 is 0 Å². The Hall–Kier alpha value is -1.31. The van der Waals surface area contributed by atoms with Crippen molar-refractivity contribution in [1.29, 1.82) is 0 Å². The first-order chi connectivity index (χ1) is 9.28. The Balaban J connectivity index is 2.03. The van der Waals surface area contributed by atoms with Crippen molar-refractivity contribution in [3.63, 3.8) is 0 Å². The number of hydrogen-bond acceptors (Lipinski definition) is 7. The first-order valence-electron chi connectivity index (χ1n) is 5.45. The van der Waals surface area contributed by atoms with Crippen LogP contribution in [-0.4, -0.2) is 21.4 Å². The highest BCUT2D eigenvalue weighted by Crippen LogP contribution is 2.37. The minimum absolute atomic E-state index is 0.745. The maximum Gasteiger partial charge on any atom is 0.179 e. The van der Waals surface area contributed by atoms with Gasteiger partial charge >= 0.3 is 0 Å². The third kappa shape index (κ3) is 2.54. The molecule has 0 aliphatic heterocycles. The molecular weight excluding hydrogens is 296 g/mol. The summed E-state index contributed by atoms with van der Waals surface area (Å²) in [5.41, 5.74) is 6.71. The van der Waals surface area contributed by atoms with Gasteiger partial charge in [-0.1, -0.05) is 34.9 Å². The summed E-state index contributed by atoms with van der Waals surface area (Å²) in [6, 6.07) is 5.90. The van der Waals surface area contributed by atoms with Crippen LogP contribution in [0.4, 0.5) is 5.69 Å². The summed E-state index contributed by atoms with van der Waals surface area (Å²) >= 11 is 4.82. The highest BCUT2D eigenvalue weighted by atomic mass is 32.2. The summed E-state index contributed by atoms with van der Waals surface area (Å²) < 4.78 is 1.91. The Bertz CT molecular complexity index is 726. The van der Waals surface area contributed by atoms with E-state index in [4.69, 9.17) is 5.73 Å². The van der Waals surface area contributed by atoms with E-state index in [-0.39, 0.29) is 0 Å². The van der Waals surface area contributed by atoms with Gasteiger partial charge in [0.1, 0.15) is 0 Å². The summed E-state index contributed by atoms with van der Waals surface area (Å²) in [5, 5.41) is 10.3. The molecule has 0 aliphatic carbocycles. The Morgan fingerprint density at radius 1 is 1.11 bits per heavy atom. The molecule has 0 atom stereocenters. The number of aromatic nitrogens is 3. The zero-order valence-corrected chi connectivity index (χ0v) is 12.5. The van der Waals surface area contributed by atoms with Crippen molar-refractivity contribution >= 4 is 51.3 Å². The molecule has 0 aliphatic rings. The van der Waals surface area contributed by atoms with Crippen molar-refractivity contribution in [2.45, 2.75) is 13.6 Å². The van der Waals surface area contributed by atoms with Gasteiger partial charge in [0, 0.05) is 33.7 Å². The maximum atomic E-state index is 5.97. The quantitative estimate of drug-likeness (QED) is 0.590. The first-order valence-corrected chi connectivity index (χ1v) is 8.31. The molecule has 19 heavy (non-hydrogen) atoms. The van der Waals surface area contributed by atoms with E-state index in [1.165, 1.54) is 0 Å². The van der Waals surface area contributed by atoms with Crippen LogP contribution in [0.5, 0.6) is 0 Å². The van der Waals surface area contributed by atoms with Crippen LogP contribution in [0.25, 0.3) is 10.8 Å². The number of benzene rings is 1. The van der Waals surface area contributed by atoms with E-state index in [2.05, 4.69) is 15.2 Å². The number of hydrogen-bond donors (Lipinski definition) is 1. The van der Waals surface area contributed by atoms with Gasteiger partial charge in [-0.25, -0.2) is 0 Å². The van der Waals surface area contributed by atoms with Crippen LogP contribution in [0.3, 0.4) is 0 Å². The molecule has 7 heteroatoms. The van der Waals surface area contributed by atoms with Crippen LogP contribution in [0.2, 0.25) is 0 Å². The zero-order valence-electron chi connectivity index (χ0n) is 10.0. The van der Waals surface area contributed by atoms with Gasteiger partial charge in [0.15, 0.2) is 8.68 Å². The van der Waals surface area contributed by atoms with Crippen molar-refractivity contribution < 1.29 is 0 Å². The second-order valence-corrected chi connectivity index (χ2v) is 7.03. The molecule has 1 aromatic carbocycles. The normalized spacial score (nSPS) is 11.0. The summed E-state index contributed by atoms with van der Waals surface area (Å²) in [6.07, 6.45) is 5.57. The number of nitrogens with two attached hydrogens (primary N) is 1. The SMILES string of the molecule is CSc1nnc(Sc2ccc(N)c3cnccc23)s1. The van der Waals surface area contributed by atoms with Crippen LogP contribution >= 0.6 is 34.9 Å². The fourth-order valence-corrected chi connectivity index (χ4v) is 4.22. The number of pyridine rings is 1. The Kier molecular flexibility index (Phi) is 3.58. The Morgan fingerprint density at radius 3 is 2.74 bits per heavy atom. The third-order valence-corrected chi connectivity index (χ3v) is 5.60. The molecule has 2 N–H and O–H groups in total. The lowest BCUT2D eigenvalue weighted by atomic mass is 10.1. The fraction of sp³-hybridized carbons (Fsp3) is 0.0833. The van der Waals surface area contributed by atoms with Crippen LogP contribution in [0.15, 0.2) is 44.2 Å². The summed E-state index contributed by atoms with van der Waals surface area (Å²) in [6.45, 7) is 0. The maximum absolute atomic E-state index is 5.97. The van der Waals surface area contributed by atoms with Gasteiger partial charge in [0.2, 0.25) is 0 Å². The average Bonchev–Trinajstić information content (AvgIpc) is 2.90. The predicted molar refractivity (Wildman–Crippen MR) is 82.0 cm³/mol. The number of nitrogen functional groups attached to an aromatic ring is 1. The number of anilines is 1. The summed E-state index contributed by atoms with van der Waals surface area (Å²) in [4.78, 5) is 5.24. The van der Waals surface area contributed by atoms with Crippen molar-refractivity contribution in [2.75, 3.05) is 12.0 Å². The molecule has 0 amide bonds. The van der Waals surface area contributed by atoms with E-state index in [1.807, 2.05) is 24.5 Å². The van der Waals surface area contributed by atoms with E-state index in [0.29, 0.717) is 0 Å². The number of rotatable bonds is 3. The van der Waals surface area contributed by atoms with E-state index in [0.717, 1.165) is 30.0 Å². The molecule has 3 aromatic rings. The van der Waals surface area contributed by atoms with Crippen LogP contribution in [0, 0.1) is 0 Å². The molecular formula is C12H10N4S3. The molecule has 2 aromatic heterocycles. The lowest BCUT2D eigenvalue weighted by Gasteiger charge is -2.06. The zero-order chi connectivity index (χ0) is 13.2. The molecule has 0 spiro atoms. The molecule has 0 radical (unpaired) electrons. The summed E-state index contributed by atoms with van der Waals surface area (Å²) in [7, 11) is 0. The number of fused-ring (bicyclic) bond motifs is 1. The van der Waals surface area contributed by atoms with Crippen LogP contribution in [0.1, 0.15) is 0 Å². The van der Waals surface area contributed by atoms with Gasteiger partial charge in [0.05, 0.1) is 0 Å². The van der Waals surface area contributed by atoms with Gasteiger partial charge < -0.3 is 5.73 Å². The number of thioether (sulfide) groups is 1. The van der Waals surface area contributed by atoms with E-state index >= 15 is 0 Å². The molecule has 0 saturated heterocycles. The highest BCUT2D eigenvalue weighted by molar-refractivity contribution is 8.03. The molecule has 3 rings (SSSR count). The van der Waals surface area contributed by atoms with Gasteiger partial charge in [-0.05, 0) is 24.5 Å². The van der Waals surface area contributed by atoms with E-state index in [1.54, 1.807) is 47.3 Å². The van der Waals surface area contributed by atoms with Gasteiger partial charge in [-0.2, -0.15) is 0 Å². The van der Waals surface area contributed by atoms with Crippen molar-refractivity contribution in [3.05, 3.63) is 30.6 Å². The molecule has 0 bridgehead atoms. The second-order valence-electron chi connectivity index (χ2n) is 3.71. The molecule has 0 fully saturated rings. The topological polar surface area (TPSA) is 64.7 Å². The van der Waals surface area contributed by atoms with Crippen molar-refractivity contribution in [2.24, 2.45) is 0 Å². The monoisotopic (exact) mass is 306 g/mol. The molecule has 0 unspecified atom stereocenters. The van der Waals surface area contributed by atoms with Gasteiger partial charge in [-0.15, -0.1) is 10.2 Å². The van der Waals surface area contributed by atoms with E-state index in [9.17, 15) is 0 Å². The smallest absolute Gasteiger partial charge is 0.179 e. The Labute approximate surface area is 122 Å². The third-order valence-electron chi connectivity index (χ3n) is 2.57. The standard InChI is InChI=1S/C12H10N4S3/c1-17-11-15-16-12(19-11)18-10-3-2-9(13)8-6-14-5-4-7(8)10/h2-6H,13H2,1H3. The minimum Gasteiger partial charge on any atom is -0.398 e. The predicted octanol–water partition coefficient (Wildman–Crippen LogP) is 3.54. The molecule has 96 valence electrons. The minimum atomic E-state index is 0.745. The fourth-order valence-electron chi connectivity index (χ4n) is 1.69. The molecule has 0 saturated carbocycles. The Morgan fingerprint density at radius 2 is 1.95 bits per heavy atom. The lowest BCUT2D eigenvalue weighted by Crippen LogP contribution is -1.88. The average molecular weight is 306 g/mol. The van der Waals surface area contributed by atoms with Gasteiger partial charge in [-0.3, -0.25) is 4.98 Å². The lowest BCUT2D eigenvalue weighted by molar-refractivity contribution is 0.956. The summed E-state index contributed by atoms with van der Waals surface area (Å²) in [5.74, 6) is 0. The van der Waals surface area contributed by atoms with Crippen molar-refractivity contribution in [3.8, 4) is 0 Å². The highest BCUT2D eigenvalue weighted by Gasteiger charge is 2.09. The van der Waals surface area contributed by atoms with Crippen LogP contribution < -0.4 is 5.73 Å². The largest absolute Gasteiger partial charge is 0.398 e. The first kappa shape index (κ1) is 12.7. The van der Waals surface area contributed by atoms with Crippen LogP contribution in [-0.2, 0) is 0 Å². The van der Waals surface area contributed by atoms with Crippen molar-refractivity contribution in [1.82, 2.24) is 15.2 Å².